The van der Waals surface area contributed by atoms with E-state index in [2.05, 4.69) is 9.97 Å². The lowest BCUT2D eigenvalue weighted by molar-refractivity contribution is -0.137. The first kappa shape index (κ1) is 18.8. The van der Waals surface area contributed by atoms with Crippen molar-refractivity contribution in [1.82, 2.24) is 14.9 Å². The average Bonchev–Trinajstić information content (AvgIpc) is 3.24. The van der Waals surface area contributed by atoms with Crippen LogP contribution in [-0.2, 0) is 14.3 Å². The molecule has 4 rings (SSSR count). The van der Waals surface area contributed by atoms with Crippen molar-refractivity contribution in [3.63, 3.8) is 0 Å². The number of furan rings is 1. The molecule has 0 bridgehead atoms. The molecule has 0 spiro atoms. The van der Waals surface area contributed by atoms with Crippen LogP contribution in [0.25, 0.3) is 22.1 Å². The summed E-state index contributed by atoms with van der Waals surface area (Å²) < 4.78 is 10.9. The van der Waals surface area contributed by atoms with Gasteiger partial charge in [0.1, 0.15) is 22.5 Å². The second kappa shape index (κ2) is 8.24. The van der Waals surface area contributed by atoms with Gasteiger partial charge >= 0.3 is 5.97 Å². The van der Waals surface area contributed by atoms with Crippen molar-refractivity contribution < 1.29 is 18.7 Å². The van der Waals surface area contributed by atoms with Crippen molar-refractivity contribution in [2.75, 3.05) is 24.7 Å². The van der Waals surface area contributed by atoms with Crippen molar-refractivity contribution >= 4 is 57.5 Å². The van der Waals surface area contributed by atoms with E-state index < -0.39 is 5.97 Å². The molecule has 0 radical (unpaired) electrons. The van der Waals surface area contributed by atoms with Gasteiger partial charge in [0.15, 0.2) is 5.58 Å². The minimum atomic E-state index is -0.433. The first-order chi connectivity index (χ1) is 13.7. The van der Waals surface area contributed by atoms with Crippen LogP contribution in [0.1, 0.15) is 6.92 Å². The number of nitrogens with zero attached hydrogens (tertiary/aromatic N) is 3. The summed E-state index contributed by atoms with van der Waals surface area (Å²) >= 11 is 2.84. The van der Waals surface area contributed by atoms with Gasteiger partial charge in [-0.15, -0.1) is 11.8 Å². The standard InChI is InChI=1S/C19H17N3O4S2/c1-2-25-16(24)9-15-22(14(23)10-28-15)7-8-27-19-18-17(20-11-21-19)12-5-3-4-6-13(12)26-18/h3-6,9,11H,2,7-8,10H2,1H3/b15-9-. The second-order valence-electron chi connectivity index (χ2n) is 5.87. The molecule has 0 aliphatic carbocycles. The molecule has 7 nitrogen and oxygen atoms in total. The molecule has 1 aliphatic rings. The molecule has 1 aliphatic heterocycles. The molecule has 0 saturated carbocycles. The van der Waals surface area contributed by atoms with Crippen LogP contribution in [0.5, 0.6) is 0 Å². The summed E-state index contributed by atoms with van der Waals surface area (Å²) in [6.07, 6.45) is 2.90. The number of para-hydroxylation sites is 1. The summed E-state index contributed by atoms with van der Waals surface area (Å²) in [7, 11) is 0. The fourth-order valence-electron chi connectivity index (χ4n) is 2.89. The van der Waals surface area contributed by atoms with Crippen molar-refractivity contribution in [2.45, 2.75) is 11.9 Å². The van der Waals surface area contributed by atoms with Crippen LogP contribution in [-0.4, -0.2) is 51.4 Å². The Labute approximate surface area is 169 Å². The lowest BCUT2D eigenvalue weighted by Crippen LogP contribution is -2.27. The molecule has 3 heterocycles. The number of thioether (sulfide) groups is 2. The number of esters is 1. The molecule has 2 aromatic heterocycles. The van der Waals surface area contributed by atoms with Gasteiger partial charge in [-0.3, -0.25) is 4.79 Å². The Kier molecular flexibility index (Phi) is 5.54. The van der Waals surface area contributed by atoms with Gasteiger partial charge in [-0.1, -0.05) is 23.9 Å². The number of carbonyl (C=O) groups is 2. The van der Waals surface area contributed by atoms with E-state index in [4.69, 9.17) is 9.15 Å². The highest BCUT2D eigenvalue weighted by Crippen LogP contribution is 2.33. The fourth-order valence-corrected chi connectivity index (χ4v) is 4.71. The van der Waals surface area contributed by atoms with Gasteiger partial charge < -0.3 is 14.1 Å². The maximum Gasteiger partial charge on any atom is 0.333 e. The normalized spacial score (nSPS) is 15.8. The van der Waals surface area contributed by atoms with Gasteiger partial charge in [0, 0.05) is 17.7 Å². The van der Waals surface area contributed by atoms with Crippen LogP contribution >= 0.6 is 23.5 Å². The van der Waals surface area contributed by atoms with E-state index in [1.165, 1.54) is 35.9 Å². The maximum absolute atomic E-state index is 12.2. The third kappa shape index (κ3) is 3.72. The van der Waals surface area contributed by atoms with Gasteiger partial charge in [0.2, 0.25) is 5.91 Å². The Balaban J connectivity index is 1.49. The third-order valence-corrected chi connectivity index (χ3v) is 6.09. The molecule has 0 atom stereocenters. The maximum atomic E-state index is 12.2. The Bertz CT molecular complexity index is 1080. The Morgan fingerprint density at radius 2 is 2.25 bits per heavy atom. The van der Waals surface area contributed by atoms with Gasteiger partial charge in [0.25, 0.3) is 0 Å². The number of aromatic nitrogens is 2. The van der Waals surface area contributed by atoms with Gasteiger partial charge in [-0.2, -0.15) is 0 Å². The van der Waals surface area contributed by atoms with Gasteiger partial charge in [0.05, 0.1) is 23.5 Å². The molecular weight excluding hydrogens is 398 g/mol. The van der Waals surface area contributed by atoms with E-state index in [1.807, 2.05) is 24.3 Å². The second-order valence-corrected chi connectivity index (χ2v) is 7.95. The van der Waals surface area contributed by atoms with E-state index in [0.717, 1.165) is 21.5 Å². The highest BCUT2D eigenvalue weighted by Gasteiger charge is 2.27. The molecule has 1 aromatic carbocycles. The van der Waals surface area contributed by atoms with E-state index in [9.17, 15) is 9.59 Å². The number of hydrogen-bond donors (Lipinski definition) is 0. The minimum Gasteiger partial charge on any atom is -0.463 e. The summed E-state index contributed by atoms with van der Waals surface area (Å²) in [6.45, 7) is 2.52. The summed E-state index contributed by atoms with van der Waals surface area (Å²) in [5.74, 6) is 0.488. The van der Waals surface area contributed by atoms with Crippen LogP contribution in [0.3, 0.4) is 0 Å². The molecule has 0 N–H and O–H groups in total. The zero-order chi connectivity index (χ0) is 19.5. The van der Waals surface area contributed by atoms with Gasteiger partial charge in [-0.25, -0.2) is 14.8 Å². The van der Waals surface area contributed by atoms with Crippen molar-refractivity contribution in [1.29, 1.82) is 0 Å². The number of ether oxygens (including phenoxy) is 1. The molecule has 9 heteroatoms. The number of amides is 1. The van der Waals surface area contributed by atoms with E-state index in [-0.39, 0.29) is 5.91 Å². The lowest BCUT2D eigenvalue weighted by Gasteiger charge is -2.16. The molecule has 1 saturated heterocycles. The van der Waals surface area contributed by atoms with Crippen LogP contribution in [0, 0.1) is 0 Å². The van der Waals surface area contributed by atoms with E-state index in [1.54, 1.807) is 11.8 Å². The zero-order valence-electron chi connectivity index (χ0n) is 15.1. The molecule has 144 valence electrons. The average molecular weight is 415 g/mol. The predicted octanol–water partition coefficient (Wildman–Crippen LogP) is 3.45. The molecule has 1 fully saturated rings. The molecule has 0 unspecified atom stereocenters. The first-order valence-corrected chi connectivity index (χ1v) is 10.7. The van der Waals surface area contributed by atoms with Crippen LogP contribution in [0.15, 0.2) is 51.1 Å². The largest absolute Gasteiger partial charge is 0.463 e. The van der Waals surface area contributed by atoms with Crippen LogP contribution in [0.4, 0.5) is 0 Å². The lowest BCUT2D eigenvalue weighted by atomic mass is 10.2. The number of fused-ring (bicyclic) bond motifs is 3. The van der Waals surface area contributed by atoms with Gasteiger partial charge in [-0.05, 0) is 19.1 Å². The highest BCUT2D eigenvalue weighted by atomic mass is 32.2. The van der Waals surface area contributed by atoms with Crippen LogP contribution < -0.4 is 0 Å². The third-order valence-electron chi connectivity index (χ3n) is 4.12. The quantitative estimate of drug-likeness (QED) is 0.262. The van der Waals surface area contributed by atoms with Crippen molar-refractivity contribution in [2.24, 2.45) is 0 Å². The van der Waals surface area contributed by atoms with Crippen molar-refractivity contribution in [3.8, 4) is 0 Å². The summed E-state index contributed by atoms with van der Waals surface area (Å²) in [4.78, 5) is 34.1. The summed E-state index contributed by atoms with van der Waals surface area (Å²) in [5.41, 5.74) is 2.20. The topological polar surface area (TPSA) is 85.5 Å². The Hall–Kier alpha value is -2.52. The Morgan fingerprint density at radius 1 is 1.39 bits per heavy atom. The van der Waals surface area contributed by atoms with Crippen molar-refractivity contribution in [3.05, 3.63) is 41.7 Å². The molecule has 1 amide bonds. The molecule has 28 heavy (non-hydrogen) atoms. The predicted molar refractivity (Wildman–Crippen MR) is 109 cm³/mol. The van der Waals surface area contributed by atoms with E-state index in [0.29, 0.717) is 35.3 Å². The number of benzene rings is 1. The smallest absolute Gasteiger partial charge is 0.333 e. The van der Waals surface area contributed by atoms with E-state index >= 15 is 0 Å². The van der Waals surface area contributed by atoms with Crippen LogP contribution in [0.2, 0.25) is 0 Å². The number of rotatable bonds is 6. The highest BCUT2D eigenvalue weighted by molar-refractivity contribution is 8.04. The Morgan fingerprint density at radius 3 is 3.11 bits per heavy atom. The zero-order valence-corrected chi connectivity index (χ0v) is 16.7. The minimum absolute atomic E-state index is 0.0160. The monoisotopic (exact) mass is 415 g/mol. The number of carbonyl (C=O) groups excluding carboxylic acids is 2. The first-order valence-electron chi connectivity index (χ1n) is 8.74. The summed E-state index contributed by atoms with van der Waals surface area (Å²) in [6, 6.07) is 7.73. The number of hydrogen-bond acceptors (Lipinski definition) is 8. The molecule has 3 aromatic rings. The summed E-state index contributed by atoms with van der Waals surface area (Å²) in [5, 5.41) is 2.31. The SMILES string of the molecule is CCOC(=O)/C=C1\SCC(=O)N1CCSc1ncnc2c1oc1ccccc12. The fraction of sp³-hybridized carbons (Fsp3) is 0.263. The molecular formula is C19H17N3O4S2.